The predicted molar refractivity (Wildman–Crippen MR) is 59.7 cm³/mol. The van der Waals surface area contributed by atoms with Crippen molar-refractivity contribution in [2.75, 3.05) is 20.4 Å². The fourth-order valence-corrected chi connectivity index (χ4v) is 2.08. The molecule has 1 aromatic rings. The summed E-state index contributed by atoms with van der Waals surface area (Å²) in [6, 6.07) is 3.50. The monoisotopic (exact) mass is 247 g/mol. The minimum absolute atomic E-state index is 0.0269. The summed E-state index contributed by atoms with van der Waals surface area (Å²) in [5.74, 6) is 0.580. The van der Waals surface area contributed by atoms with E-state index in [1.807, 2.05) is 0 Å². The highest BCUT2D eigenvalue weighted by Gasteiger charge is 2.21. The molecular weight excluding hydrogens is 237 g/mol. The molecule has 15 heavy (non-hydrogen) atoms. The normalized spacial score (nSPS) is 20.6. The van der Waals surface area contributed by atoms with Gasteiger partial charge in [0.1, 0.15) is 5.75 Å². The molecule has 0 bridgehead atoms. The van der Waals surface area contributed by atoms with Crippen molar-refractivity contribution in [1.82, 2.24) is 5.32 Å². The van der Waals surface area contributed by atoms with Crippen LogP contribution in [0.1, 0.15) is 11.7 Å². The minimum atomic E-state index is -0.0269. The van der Waals surface area contributed by atoms with Crippen molar-refractivity contribution in [2.45, 2.75) is 6.10 Å². The Bertz CT molecular complexity index is 365. The third kappa shape index (κ3) is 2.21. The maximum Gasteiger partial charge on any atom is 0.138 e. The molecule has 1 N–H and O–H groups in total. The first-order valence-corrected chi connectivity index (χ1v) is 5.33. The summed E-state index contributed by atoms with van der Waals surface area (Å²) in [5.41, 5.74) is 0.896. The number of hydrogen-bond acceptors (Lipinski definition) is 3. The van der Waals surface area contributed by atoms with Crippen LogP contribution < -0.4 is 10.1 Å². The zero-order valence-electron chi connectivity index (χ0n) is 8.22. The van der Waals surface area contributed by atoms with Crippen molar-refractivity contribution in [1.29, 1.82) is 0 Å². The maximum atomic E-state index is 6.11. The average molecular weight is 248 g/mol. The lowest BCUT2D eigenvalue weighted by atomic mass is 10.1. The molecule has 2 rings (SSSR count). The van der Waals surface area contributed by atoms with E-state index in [9.17, 15) is 0 Å². The van der Waals surface area contributed by atoms with Crippen LogP contribution in [0.3, 0.4) is 0 Å². The second-order valence-corrected chi connectivity index (χ2v) is 4.08. The van der Waals surface area contributed by atoms with Crippen molar-refractivity contribution in [3.05, 3.63) is 27.7 Å². The minimum Gasteiger partial charge on any atom is -0.495 e. The van der Waals surface area contributed by atoms with Gasteiger partial charge in [0.15, 0.2) is 0 Å². The summed E-state index contributed by atoms with van der Waals surface area (Å²) >= 11 is 12.1. The van der Waals surface area contributed by atoms with Crippen LogP contribution in [0.25, 0.3) is 0 Å². The molecule has 0 aromatic heterocycles. The van der Waals surface area contributed by atoms with E-state index >= 15 is 0 Å². The van der Waals surface area contributed by atoms with Gasteiger partial charge in [-0.3, -0.25) is 5.32 Å². The number of rotatable bonds is 2. The zero-order chi connectivity index (χ0) is 10.8. The summed E-state index contributed by atoms with van der Waals surface area (Å²) in [7, 11) is 1.56. The van der Waals surface area contributed by atoms with E-state index < -0.39 is 0 Å². The van der Waals surface area contributed by atoms with Gasteiger partial charge < -0.3 is 9.47 Å². The number of hydrogen-bond donors (Lipinski definition) is 1. The number of benzene rings is 1. The molecule has 1 saturated heterocycles. The van der Waals surface area contributed by atoms with Gasteiger partial charge in [0.2, 0.25) is 0 Å². The first kappa shape index (κ1) is 11.0. The number of halogens is 2. The first-order chi connectivity index (χ1) is 7.22. The maximum absolute atomic E-state index is 6.11. The third-order valence-corrected chi connectivity index (χ3v) is 2.96. The van der Waals surface area contributed by atoms with Gasteiger partial charge in [0, 0.05) is 18.2 Å². The quantitative estimate of drug-likeness (QED) is 0.872. The summed E-state index contributed by atoms with van der Waals surface area (Å²) in [5, 5.41) is 4.26. The number of nitrogens with one attached hydrogen (secondary N) is 1. The van der Waals surface area contributed by atoms with Crippen molar-refractivity contribution in [3.8, 4) is 5.75 Å². The molecule has 5 heteroatoms. The van der Waals surface area contributed by atoms with Gasteiger partial charge in [-0.2, -0.15) is 0 Å². The Morgan fingerprint density at radius 1 is 1.40 bits per heavy atom. The Morgan fingerprint density at radius 2 is 2.20 bits per heavy atom. The SMILES string of the molecule is COc1cc(Cl)c(C2CNCO2)cc1Cl. The number of ether oxygens (including phenoxy) is 2. The number of methoxy groups -OCH3 is 1. The Morgan fingerprint density at radius 3 is 2.80 bits per heavy atom. The van der Waals surface area contributed by atoms with Gasteiger partial charge >= 0.3 is 0 Å². The fraction of sp³-hybridized carbons (Fsp3) is 0.400. The lowest BCUT2D eigenvalue weighted by Crippen LogP contribution is -2.08. The van der Waals surface area contributed by atoms with Crippen LogP contribution >= 0.6 is 23.2 Å². The molecule has 1 fully saturated rings. The van der Waals surface area contributed by atoms with E-state index in [0.717, 1.165) is 12.1 Å². The van der Waals surface area contributed by atoms with Crippen LogP contribution in [0.15, 0.2) is 12.1 Å². The molecule has 0 spiro atoms. The van der Waals surface area contributed by atoms with E-state index in [0.29, 0.717) is 22.5 Å². The van der Waals surface area contributed by atoms with Gasteiger partial charge in [-0.15, -0.1) is 0 Å². The van der Waals surface area contributed by atoms with Gasteiger partial charge in [-0.1, -0.05) is 23.2 Å². The zero-order valence-corrected chi connectivity index (χ0v) is 9.73. The summed E-state index contributed by atoms with van der Waals surface area (Å²) < 4.78 is 10.5. The van der Waals surface area contributed by atoms with E-state index in [-0.39, 0.29) is 6.10 Å². The van der Waals surface area contributed by atoms with Gasteiger partial charge in [0.05, 0.1) is 30.0 Å². The molecule has 1 aliphatic heterocycles. The van der Waals surface area contributed by atoms with Crippen LogP contribution in [0.4, 0.5) is 0 Å². The van der Waals surface area contributed by atoms with Crippen molar-refractivity contribution < 1.29 is 9.47 Å². The first-order valence-electron chi connectivity index (χ1n) is 4.57. The molecule has 82 valence electrons. The standard InChI is InChI=1S/C10H11Cl2NO2/c1-14-9-3-7(11)6(2-8(9)12)10-4-13-5-15-10/h2-3,10,13H,4-5H2,1H3. The summed E-state index contributed by atoms with van der Waals surface area (Å²) in [4.78, 5) is 0. The van der Waals surface area contributed by atoms with Crippen molar-refractivity contribution in [3.63, 3.8) is 0 Å². The molecule has 3 nitrogen and oxygen atoms in total. The lowest BCUT2D eigenvalue weighted by molar-refractivity contribution is 0.114. The van der Waals surface area contributed by atoms with Crippen molar-refractivity contribution >= 4 is 23.2 Å². The second-order valence-electron chi connectivity index (χ2n) is 3.26. The molecule has 1 aliphatic rings. The molecule has 0 radical (unpaired) electrons. The van der Waals surface area contributed by atoms with Gasteiger partial charge in [-0.05, 0) is 6.07 Å². The molecule has 1 unspecified atom stereocenters. The highest BCUT2D eigenvalue weighted by atomic mass is 35.5. The Labute approximate surface area is 98.3 Å². The highest BCUT2D eigenvalue weighted by molar-refractivity contribution is 6.34. The van der Waals surface area contributed by atoms with Crippen LogP contribution in [-0.2, 0) is 4.74 Å². The van der Waals surface area contributed by atoms with Crippen molar-refractivity contribution in [2.24, 2.45) is 0 Å². The summed E-state index contributed by atoms with van der Waals surface area (Å²) in [6.45, 7) is 1.30. The van der Waals surface area contributed by atoms with Crippen LogP contribution in [0.2, 0.25) is 10.0 Å². The van der Waals surface area contributed by atoms with E-state index in [4.69, 9.17) is 32.7 Å². The molecule has 0 amide bonds. The largest absolute Gasteiger partial charge is 0.495 e. The third-order valence-electron chi connectivity index (χ3n) is 2.33. The molecule has 1 aromatic carbocycles. The van der Waals surface area contributed by atoms with Gasteiger partial charge in [-0.25, -0.2) is 0 Å². The predicted octanol–water partition coefficient (Wildman–Crippen LogP) is 2.62. The second kappa shape index (κ2) is 4.58. The van der Waals surface area contributed by atoms with E-state index in [1.165, 1.54) is 0 Å². The topological polar surface area (TPSA) is 30.5 Å². The smallest absolute Gasteiger partial charge is 0.138 e. The van der Waals surface area contributed by atoms with Crippen LogP contribution in [-0.4, -0.2) is 20.4 Å². The van der Waals surface area contributed by atoms with E-state index in [1.54, 1.807) is 19.2 Å². The molecule has 0 saturated carbocycles. The van der Waals surface area contributed by atoms with Crippen LogP contribution in [0, 0.1) is 0 Å². The molecular formula is C10H11Cl2NO2. The lowest BCUT2D eigenvalue weighted by Gasteiger charge is -2.13. The average Bonchev–Trinajstić information content (AvgIpc) is 2.74. The highest BCUT2D eigenvalue weighted by Crippen LogP contribution is 2.35. The Hall–Kier alpha value is -0.480. The molecule has 0 aliphatic carbocycles. The molecule has 1 heterocycles. The summed E-state index contributed by atoms with van der Waals surface area (Å²) in [6.07, 6.45) is -0.0269. The Kier molecular flexibility index (Phi) is 3.36. The van der Waals surface area contributed by atoms with Gasteiger partial charge in [0.25, 0.3) is 0 Å². The fourth-order valence-electron chi connectivity index (χ4n) is 1.56. The molecule has 1 atom stereocenters. The van der Waals surface area contributed by atoms with Crippen LogP contribution in [0.5, 0.6) is 5.75 Å². The Balaban J connectivity index is 2.35. The van der Waals surface area contributed by atoms with E-state index in [2.05, 4.69) is 5.32 Å².